The molecule has 1 radical (unpaired) electrons. The summed E-state index contributed by atoms with van der Waals surface area (Å²) in [6.45, 7) is 2.16. The van der Waals surface area contributed by atoms with Crippen LogP contribution in [0, 0.1) is 0 Å². The van der Waals surface area contributed by atoms with Gasteiger partial charge in [0, 0.05) is 13.3 Å². The Morgan fingerprint density at radius 2 is 2.00 bits per heavy atom. The first-order chi connectivity index (χ1) is 3.66. The van der Waals surface area contributed by atoms with Gasteiger partial charge < -0.3 is 9.33 Å². The quantitative estimate of drug-likeness (QED) is 0.514. The average molecular weight is 132 g/mol. The van der Waals surface area contributed by atoms with Crippen LogP contribution < -0.4 is 0 Å². The fraction of sp³-hybridized carbons (Fsp3) is 1.00. The number of hydrogen-bond acceptors (Lipinski definition) is 2. The number of nitrogens with zero attached hydrogens (tertiary/aromatic N) is 1. The van der Waals surface area contributed by atoms with Crippen LogP contribution in [0.3, 0.4) is 0 Å². The maximum atomic E-state index is 5.12. The van der Waals surface area contributed by atoms with E-state index in [1.54, 1.807) is 7.11 Å². The van der Waals surface area contributed by atoms with E-state index in [4.69, 9.17) is 4.43 Å². The highest BCUT2D eigenvalue weighted by Gasteiger charge is 2.02. The first-order valence-corrected chi connectivity index (χ1v) is 4.79. The summed E-state index contributed by atoms with van der Waals surface area (Å²) >= 11 is 0. The molecule has 0 amide bonds. The molecule has 0 aliphatic rings. The van der Waals surface area contributed by atoms with Gasteiger partial charge in [-0.25, -0.2) is 0 Å². The molecule has 0 spiro atoms. The molecule has 0 N–H and O–H groups in total. The Morgan fingerprint density at radius 1 is 1.50 bits per heavy atom. The van der Waals surface area contributed by atoms with Crippen molar-refractivity contribution >= 4 is 9.04 Å². The van der Waals surface area contributed by atoms with Gasteiger partial charge in [-0.15, -0.1) is 0 Å². The average Bonchev–Trinajstić information content (AvgIpc) is 1.65. The molecule has 49 valence electrons. The standard InChI is InChI=1S/C5H14NOSi/c1-6(2)5-8(4)7-3/h5H2,1-4H3. The van der Waals surface area contributed by atoms with Crippen molar-refractivity contribution in [2.75, 3.05) is 27.4 Å². The van der Waals surface area contributed by atoms with Gasteiger partial charge in [0.15, 0.2) is 0 Å². The minimum Gasteiger partial charge on any atom is -0.419 e. The van der Waals surface area contributed by atoms with Gasteiger partial charge >= 0.3 is 0 Å². The molecule has 0 atom stereocenters. The molecule has 0 aliphatic heterocycles. The molecule has 0 aromatic rings. The third-order valence-electron chi connectivity index (χ3n) is 0.887. The largest absolute Gasteiger partial charge is 0.419 e. The van der Waals surface area contributed by atoms with Crippen molar-refractivity contribution in [2.24, 2.45) is 0 Å². The molecule has 0 aliphatic carbocycles. The van der Waals surface area contributed by atoms with Gasteiger partial charge in [-0.2, -0.15) is 0 Å². The summed E-state index contributed by atoms with van der Waals surface area (Å²) in [5.41, 5.74) is 0. The first-order valence-electron chi connectivity index (χ1n) is 2.68. The van der Waals surface area contributed by atoms with Gasteiger partial charge in [-0.1, -0.05) is 0 Å². The molecular formula is C5H14NOSi. The van der Waals surface area contributed by atoms with Gasteiger partial charge in [-0.05, 0) is 20.6 Å². The van der Waals surface area contributed by atoms with Crippen molar-refractivity contribution in [2.45, 2.75) is 6.55 Å². The van der Waals surface area contributed by atoms with Crippen LogP contribution in [0.5, 0.6) is 0 Å². The summed E-state index contributed by atoms with van der Waals surface area (Å²) < 4.78 is 5.12. The zero-order chi connectivity index (χ0) is 6.57. The first kappa shape index (κ1) is 8.14. The SMILES string of the molecule is CO[Si](C)CN(C)C. The topological polar surface area (TPSA) is 12.5 Å². The second-order valence-corrected chi connectivity index (χ2v) is 4.27. The zero-order valence-corrected chi connectivity index (χ0v) is 7.06. The van der Waals surface area contributed by atoms with Gasteiger partial charge in [0.2, 0.25) is 9.04 Å². The van der Waals surface area contributed by atoms with Crippen molar-refractivity contribution in [1.82, 2.24) is 4.90 Å². The van der Waals surface area contributed by atoms with Crippen LogP contribution in [0.4, 0.5) is 0 Å². The Kier molecular flexibility index (Phi) is 4.13. The third-order valence-corrected chi connectivity index (χ3v) is 2.66. The van der Waals surface area contributed by atoms with Crippen LogP contribution in [0.2, 0.25) is 6.55 Å². The van der Waals surface area contributed by atoms with Gasteiger partial charge in [0.1, 0.15) is 0 Å². The summed E-state index contributed by atoms with van der Waals surface area (Å²) in [7, 11) is 5.40. The molecule has 0 saturated carbocycles. The lowest BCUT2D eigenvalue weighted by atomic mass is 11.0. The second kappa shape index (κ2) is 4.06. The van der Waals surface area contributed by atoms with E-state index in [1.807, 2.05) is 0 Å². The molecule has 0 heterocycles. The fourth-order valence-electron chi connectivity index (χ4n) is 0.510. The highest BCUT2D eigenvalue weighted by atomic mass is 28.3. The van der Waals surface area contributed by atoms with E-state index in [2.05, 4.69) is 25.5 Å². The molecule has 2 nitrogen and oxygen atoms in total. The molecule has 0 aromatic carbocycles. The second-order valence-electron chi connectivity index (χ2n) is 2.14. The van der Waals surface area contributed by atoms with E-state index in [0.717, 1.165) is 6.17 Å². The van der Waals surface area contributed by atoms with E-state index in [-0.39, 0.29) is 0 Å². The summed E-state index contributed by atoms with van der Waals surface area (Å²) in [6.07, 6.45) is 1.10. The molecule has 0 bridgehead atoms. The molecule has 0 rings (SSSR count). The Labute approximate surface area is 53.2 Å². The normalized spacial score (nSPS) is 11.2. The van der Waals surface area contributed by atoms with E-state index in [9.17, 15) is 0 Å². The predicted octanol–water partition coefficient (Wildman–Crippen LogP) is 0.355. The van der Waals surface area contributed by atoms with Crippen LogP contribution in [-0.4, -0.2) is 41.3 Å². The van der Waals surface area contributed by atoms with Gasteiger partial charge in [0.05, 0.1) is 0 Å². The maximum absolute atomic E-state index is 5.12. The Morgan fingerprint density at radius 3 is 2.12 bits per heavy atom. The number of rotatable bonds is 3. The van der Waals surface area contributed by atoms with E-state index in [1.165, 1.54) is 0 Å². The van der Waals surface area contributed by atoms with Crippen LogP contribution in [0.1, 0.15) is 0 Å². The Balaban J connectivity index is 3.10. The van der Waals surface area contributed by atoms with E-state index in [0.29, 0.717) is 0 Å². The summed E-state index contributed by atoms with van der Waals surface area (Å²) in [5.74, 6) is 0. The van der Waals surface area contributed by atoms with Crippen LogP contribution >= 0.6 is 0 Å². The van der Waals surface area contributed by atoms with Crippen molar-refractivity contribution < 1.29 is 4.43 Å². The van der Waals surface area contributed by atoms with Crippen molar-refractivity contribution in [3.8, 4) is 0 Å². The molecule has 0 saturated heterocycles. The molecule has 0 fully saturated rings. The third kappa shape index (κ3) is 4.30. The molecular weight excluding hydrogens is 118 g/mol. The lowest BCUT2D eigenvalue weighted by molar-refractivity contribution is 0.384. The maximum Gasteiger partial charge on any atom is 0.222 e. The predicted molar refractivity (Wildman–Crippen MR) is 37.2 cm³/mol. The summed E-state index contributed by atoms with van der Waals surface area (Å²) in [4.78, 5) is 2.15. The lowest BCUT2D eigenvalue weighted by Gasteiger charge is -2.11. The van der Waals surface area contributed by atoms with Crippen molar-refractivity contribution in [3.63, 3.8) is 0 Å². The minimum atomic E-state index is -0.503. The Bertz CT molecular complexity index is 58.4. The Hall–Kier alpha value is 0.137. The highest BCUT2D eigenvalue weighted by Crippen LogP contribution is 1.83. The van der Waals surface area contributed by atoms with Crippen molar-refractivity contribution in [3.05, 3.63) is 0 Å². The lowest BCUT2D eigenvalue weighted by Crippen LogP contribution is -2.28. The molecule has 0 unspecified atom stereocenters. The van der Waals surface area contributed by atoms with Gasteiger partial charge in [-0.3, -0.25) is 0 Å². The molecule has 3 heteroatoms. The highest BCUT2D eigenvalue weighted by molar-refractivity contribution is 6.50. The smallest absolute Gasteiger partial charge is 0.222 e. The van der Waals surface area contributed by atoms with Crippen molar-refractivity contribution in [1.29, 1.82) is 0 Å². The summed E-state index contributed by atoms with van der Waals surface area (Å²) in [5, 5.41) is 0. The van der Waals surface area contributed by atoms with Crippen LogP contribution in [0.25, 0.3) is 0 Å². The minimum absolute atomic E-state index is 0.503. The van der Waals surface area contributed by atoms with E-state index < -0.39 is 9.04 Å². The monoisotopic (exact) mass is 132 g/mol. The summed E-state index contributed by atoms with van der Waals surface area (Å²) in [6, 6.07) is 0. The fourth-order valence-corrected chi connectivity index (χ4v) is 1.53. The molecule has 0 aromatic heterocycles. The molecule has 8 heavy (non-hydrogen) atoms. The van der Waals surface area contributed by atoms with Gasteiger partial charge in [0.25, 0.3) is 0 Å². The van der Waals surface area contributed by atoms with Crippen LogP contribution in [-0.2, 0) is 4.43 Å². The van der Waals surface area contributed by atoms with E-state index >= 15 is 0 Å². The van der Waals surface area contributed by atoms with Crippen LogP contribution in [0.15, 0.2) is 0 Å². The number of hydrogen-bond donors (Lipinski definition) is 0. The zero-order valence-electron chi connectivity index (χ0n) is 6.06.